The van der Waals surface area contributed by atoms with Gasteiger partial charge in [0.2, 0.25) is 0 Å². The predicted octanol–water partition coefficient (Wildman–Crippen LogP) is 1.82. The van der Waals surface area contributed by atoms with Crippen molar-refractivity contribution in [3.63, 3.8) is 0 Å². The Balaban J connectivity index is 3.21. The van der Waals surface area contributed by atoms with Gasteiger partial charge in [-0.1, -0.05) is 0 Å². The molecule has 0 aliphatic rings. The van der Waals surface area contributed by atoms with E-state index in [0.29, 0.717) is 0 Å². The van der Waals surface area contributed by atoms with E-state index < -0.39 is 18.0 Å². The van der Waals surface area contributed by atoms with Crippen LogP contribution in [0.1, 0.15) is 0 Å². The van der Waals surface area contributed by atoms with Crippen molar-refractivity contribution in [2.24, 2.45) is 0 Å². The van der Waals surface area contributed by atoms with Gasteiger partial charge < -0.3 is 0 Å². The van der Waals surface area contributed by atoms with Crippen LogP contribution in [0.4, 0.5) is 0 Å². The summed E-state index contributed by atoms with van der Waals surface area (Å²) in [5, 5.41) is 0. The molecule has 0 atom stereocenters. The summed E-state index contributed by atoms with van der Waals surface area (Å²) in [5.74, 6) is 0. The second kappa shape index (κ2) is 3.95. The zero-order chi connectivity index (χ0) is 4.99. The average molecular weight is 256 g/mol. The Morgan fingerprint density at radius 3 is 1.67 bits per heavy atom. The van der Waals surface area contributed by atoms with E-state index in [1.807, 2.05) is 8.05 Å². The molecule has 0 saturated carbocycles. The first kappa shape index (κ1) is 6.78. The summed E-state index contributed by atoms with van der Waals surface area (Å²) in [4.78, 5) is 0. The molecule has 0 aromatic carbocycles. The van der Waals surface area contributed by atoms with Crippen LogP contribution in [0.5, 0.6) is 0 Å². The molecule has 0 unspecified atom stereocenters. The third kappa shape index (κ3) is 2.99. The van der Waals surface area contributed by atoms with Gasteiger partial charge in [-0.3, -0.25) is 0 Å². The van der Waals surface area contributed by atoms with Gasteiger partial charge in [0.15, 0.2) is 0 Å². The van der Waals surface area contributed by atoms with Gasteiger partial charge in [0, 0.05) is 0 Å². The quantitative estimate of drug-likeness (QED) is 0.661. The number of hydrogen-bond acceptors (Lipinski definition) is 0. The maximum absolute atomic E-state index is 3.59. The van der Waals surface area contributed by atoms with Crippen LogP contribution in [-0.4, -0.2) is 18.0 Å². The molecule has 34 valence electrons. The van der Waals surface area contributed by atoms with E-state index >= 15 is 0 Å². The molecule has 0 aliphatic heterocycles. The molecule has 2 heteroatoms. The first-order valence-corrected chi connectivity index (χ1v) is 10.2. The molecule has 0 aromatic rings. The topological polar surface area (TPSA) is 0 Å². The van der Waals surface area contributed by atoms with E-state index in [9.17, 15) is 0 Å². The summed E-state index contributed by atoms with van der Waals surface area (Å²) < 4.78 is 3.91. The van der Waals surface area contributed by atoms with Crippen molar-refractivity contribution >= 4 is 30.6 Å². The van der Waals surface area contributed by atoms with E-state index in [0.717, 1.165) is 0 Å². The molecule has 0 fully saturated rings. The minimum atomic E-state index is -1.17. The van der Waals surface area contributed by atoms with Gasteiger partial charge in [-0.05, 0) is 0 Å². The molecule has 0 heterocycles. The monoisotopic (exact) mass is 254 g/mol. The fourth-order valence-electron chi connectivity index (χ4n) is 0.0745. The van der Waals surface area contributed by atoms with Crippen molar-refractivity contribution < 1.29 is 0 Å². The average Bonchev–Trinajstić information content (AvgIpc) is 1.65. The second-order valence-electron chi connectivity index (χ2n) is 0.709. The molecule has 0 radical (unpaired) electrons. The molecule has 0 aliphatic carbocycles. The third-order valence-corrected chi connectivity index (χ3v) is 6.22. The Morgan fingerprint density at radius 1 is 1.33 bits per heavy atom. The van der Waals surface area contributed by atoms with Crippen LogP contribution in [0, 0.1) is 0 Å². The minimum absolute atomic E-state index is 1.17. The molecule has 0 amide bonds. The van der Waals surface area contributed by atoms with Crippen molar-refractivity contribution in [1.29, 1.82) is 0 Å². The van der Waals surface area contributed by atoms with E-state index in [1.165, 1.54) is 0 Å². The molecule has 0 aromatic heterocycles. The van der Waals surface area contributed by atoms with Gasteiger partial charge in [-0.25, -0.2) is 0 Å². The van der Waals surface area contributed by atoms with Crippen molar-refractivity contribution in [3.05, 3.63) is 21.2 Å². The van der Waals surface area contributed by atoms with E-state index in [1.54, 1.807) is 0 Å². The van der Waals surface area contributed by atoms with Crippen LogP contribution in [0.15, 0.2) is 21.2 Å². The van der Waals surface area contributed by atoms with Gasteiger partial charge in [0.05, 0.1) is 0 Å². The molecular weight excluding hydrogens is 250 g/mol. The molecular formula is C4H6BrSb. The SMILES string of the molecule is C=[CH][Sb]([Br])[CH]=C. The Kier molecular flexibility index (Phi) is 4.46. The van der Waals surface area contributed by atoms with Crippen LogP contribution < -0.4 is 0 Å². The van der Waals surface area contributed by atoms with Gasteiger partial charge in [-0.2, -0.15) is 0 Å². The van der Waals surface area contributed by atoms with Gasteiger partial charge >= 0.3 is 51.8 Å². The number of rotatable bonds is 2. The molecule has 0 rings (SSSR count). The maximum atomic E-state index is 3.59. The van der Waals surface area contributed by atoms with Crippen molar-refractivity contribution in [2.75, 3.05) is 0 Å². The van der Waals surface area contributed by atoms with Crippen molar-refractivity contribution in [2.45, 2.75) is 0 Å². The summed E-state index contributed by atoms with van der Waals surface area (Å²) in [6, 6.07) is 0. The van der Waals surface area contributed by atoms with Crippen molar-refractivity contribution in [3.8, 4) is 0 Å². The fourth-order valence-corrected chi connectivity index (χ4v) is 0.500. The third-order valence-electron chi connectivity index (χ3n) is 0.349. The Morgan fingerprint density at radius 2 is 1.67 bits per heavy atom. The standard InChI is InChI=1S/2C2H3.BrH.Sb/c2*1-2;;/h2*1H,2H2;1H;/q;;;+1/p-1. The van der Waals surface area contributed by atoms with Crippen LogP contribution >= 0.6 is 12.6 Å². The van der Waals surface area contributed by atoms with Crippen molar-refractivity contribution in [1.82, 2.24) is 0 Å². The molecule has 6 heavy (non-hydrogen) atoms. The number of hydrogen-bond donors (Lipinski definition) is 0. The molecule has 0 N–H and O–H groups in total. The predicted molar refractivity (Wildman–Crippen MR) is 35.1 cm³/mol. The Bertz CT molecular complexity index is 52.6. The molecule has 0 bridgehead atoms. The van der Waals surface area contributed by atoms with Crippen LogP contribution in [0.3, 0.4) is 0 Å². The summed E-state index contributed by atoms with van der Waals surface area (Å²) in [5.41, 5.74) is 0. The first-order chi connectivity index (χ1) is 2.81. The number of halogens is 1. The van der Waals surface area contributed by atoms with Crippen LogP contribution in [0.25, 0.3) is 0 Å². The summed E-state index contributed by atoms with van der Waals surface area (Å²) in [6.07, 6.45) is 0. The molecule has 0 spiro atoms. The summed E-state index contributed by atoms with van der Waals surface area (Å²) >= 11 is 2.25. The molecule has 0 nitrogen and oxygen atoms in total. The van der Waals surface area contributed by atoms with Gasteiger partial charge in [0.25, 0.3) is 0 Å². The van der Waals surface area contributed by atoms with E-state index in [2.05, 4.69) is 25.8 Å². The van der Waals surface area contributed by atoms with E-state index in [-0.39, 0.29) is 0 Å². The zero-order valence-corrected chi connectivity index (χ0v) is 7.53. The Hall–Kier alpha value is 0.778. The van der Waals surface area contributed by atoms with Crippen LogP contribution in [0.2, 0.25) is 0 Å². The summed E-state index contributed by atoms with van der Waals surface area (Å²) in [7, 11) is 0. The normalized spacial score (nSPS) is 8.33. The summed E-state index contributed by atoms with van der Waals surface area (Å²) in [6.45, 7) is 7.19. The first-order valence-electron chi connectivity index (χ1n) is 1.50. The fraction of sp³-hybridized carbons (Fsp3) is 0. The van der Waals surface area contributed by atoms with Gasteiger partial charge in [0.1, 0.15) is 0 Å². The Labute approximate surface area is 51.6 Å². The van der Waals surface area contributed by atoms with Crippen LogP contribution in [-0.2, 0) is 0 Å². The zero-order valence-electron chi connectivity index (χ0n) is 3.39. The van der Waals surface area contributed by atoms with E-state index in [4.69, 9.17) is 0 Å². The van der Waals surface area contributed by atoms with Gasteiger partial charge in [-0.15, -0.1) is 0 Å². The molecule has 0 saturated heterocycles. The second-order valence-corrected chi connectivity index (χ2v) is 10.3.